The fourth-order valence-corrected chi connectivity index (χ4v) is 4.91. The van der Waals surface area contributed by atoms with Gasteiger partial charge in [0, 0.05) is 18.7 Å². The average Bonchev–Trinajstić information content (AvgIpc) is 3.03. The van der Waals surface area contributed by atoms with E-state index >= 15 is 0 Å². The Hall–Kier alpha value is -2.93. The Bertz CT molecular complexity index is 1240. The maximum atomic E-state index is 12.8. The van der Waals surface area contributed by atoms with E-state index in [4.69, 9.17) is 22.1 Å². The molecule has 1 saturated heterocycles. The summed E-state index contributed by atoms with van der Waals surface area (Å²) in [5.74, 6) is -0.181. The van der Waals surface area contributed by atoms with Gasteiger partial charge in [0.25, 0.3) is 5.91 Å². The molecule has 2 aromatic carbocycles. The van der Waals surface area contributed by atoms with E-state index in [0.717, 1.165) is 0 Å². The largest absolute Gasteiger partial charge is 0.504 e. The lowest BCUT2D eigenvalue weighted by Crippen LogP contribution is -2.29. The highest BCUT2D eigenvalue weighted by molar-refractivity contribution is 8.26. The third-order valence-electron chi connectivity index (χ3n) is 4.71. The zero-order valence-corrected chi connectivity index (χ0v) is 20.6. The minimum atomic E-state index is -3.80. The Morgan fingerprint density at radius 2 is 1.97 bits per heavy atom. The van der Waals surface area contributed by atoms with Gasteiger partial charge in [-0.3, -0.25) is 14.5 Å². The fourth-order valence-electron chi connectivity index (χ4n) is 3.08. The van der Waals surface area contributed by atoms with Gasteiger partial charge in [0.15, 0.2) is 11.5 Å². The molecule has 34 heavy (non-hydrogen) atoms. The topological polar surface area (TPSA) is 139 Å². The zero-order chi connectivity index (χ0) is 24.9. The Labute approximate surface area is 207 Å². The zero-order valence-electron chi connectivity index (χ0n) is 18.2. The molecule has 0 bridgehead atoms. The van der Waals surface area contributed by atoms with Gasteiger partial charge in [0.2, 0.25) is 15.9 Å². The number of primary sulfonamides is 1. The van der Waals surface area contributed by atoms with Crippen molar-refractivity contribution >= 4 is 61.9 Å². The molecule has 0 spiro atoms. The number of carbonyl (C=O) groups excluding carboxylic acids is 2. The second-order valence-corrected chi connectivity index (χ2v) is 10.5. The number of anilines is 1. The minimum Gasteiger partial charge on any atom is -0.504 e. The first-order valence-corrected chi connectivity index (χ1v) is 13.0. The maximum absolute atomic E-state index is 12.8. The molecule has 4 N–H and O–H groups in total. The van der Waals surface area contributed by atoms with Crippen molar-refractivity contribution in [3.63, 3.8) is 0 Å². The van der Waals surface area contributed by atoms with Crippen LogP contribution >= 0.6 is 24.0 Å². The van der Waals surface area contributed by atoms with Crippen molar-refractivity contribution in [2.45, 2.75) is 24.7 Å². The van der Waals surface area contributed by atoms with E-state index in [0.29, 0.717) is 39.3 Å². The molecule has 2 amide bonds. The van der Waals surface area contributed by atoms with Gasteiger partial charge in [-0.1, -0.05) is 30.0 Å². The van der Waals surface area contributed by atoms with Gasteiger partial charge in [0.05, 0.1) is 16.4 Å². The first kappa shape index (κ1) is 25.7. The SMILES string of the molecule is CCOc1cc(/C=C2\SC(=S)N(CCCC(=O)Nc3ccc(S(N)(=O)=O)cc3)C2=O)ccc1O. The number of aromatic hydroxyl groups is 1. The summed E-state index contributed by atoms with van der Waals surface area (Å²) < 4.78 is 28.4. The Kier molecular flexibility index (Phi) is 8.31. The number of thioether (sulfide) groups is 1. The summed E-state index contributed by atoms with van der Waals surface area (Å²) in [4.78, 5) is 26.8. The third-order valence-corrected chi connectivity index (χ3v) is 7.01. The lowest BCUT2D eigenvalue weighted by Gasteiger charge is -2.14. The number of ether oxygens (including phenoxy) is 1. The number of thiocarbonyl (C=S) groups is 1. The highest BCUT2D eigenvalue weighted by atomic mass is 32.2. The number of hydrogen-bond donors (Lipinski definition) is 3. The van der Waals surface area contributed by atoms with Crippen LogP contribution in [-0.4, -0.2) is 47.7 Å². The number of hydrogen-bond acceptors (Lipinski definition) is 8. The summed E-state index contributed by atoms with van der Waals surface area (Å²) in [5.41, 5.74) is 1.13. The van der Waals surface area contributed by atoms with Gasteiger partial charge in [-0.15, -0.1) is 0 Å². The average molecular weight is 522 g/mol. The van der Waals surface area contributed by atoms with Gasteiger partial charge in [-0.25, -0.2) is 13.6 Å². The van der Waals surface area contributed by atoms with E-state index < -0.39 is 10.0 Å². The Balaban J connectivity index is 1.55. The number of phenolic OH excluding ortho intramolecular Hbond substituents is 1. The predicted octanol–water partition coefficient (Wildman–Crippen LogP) is 3.06. The molecule has 0 aromatic heterocycles. The maximum Gasteiger partial charge on any atom is 0.266 e. The lowest BCUT2D eigenvalue weighted by atomic mass is 10.2. The summed E-state index contributed by atoms with van der Waals surface area (Å²) in [5, 5.41) is 17.6. The van der Waals surface area contributed by atoms with Crippen LogP contribution in [0.4, 0.5) is 5.69 Å². The number of phenols is 1. The molecular weight excluding hydrogens is 498 g/mol. The number of nitrogens with zero attached hydrogens (tertiary/aromatic N) is 1. The first-order valence-electron chi connectivity index (χ1n) is 10.2. The summed E-state index contributed by atoms with van der Waals surface area (Å²) in [7, 11) is -3.80. The summed E-state index contributed by atoms with van der Waals surface area (Å²) >= 11 is 6.50. The van der Waals surface area contributed by atoms with Crippen LogP contribution in [0.3, 0.4) is 0 Å². The molecule has 1 fully saturated rings. The normalized spacial score (nSPS) is 15.1. The number of sulfonamides is 1. The van der Waals surface area contributed by atoms with Gasteiger partial charge in [-0.2, -0.15) is 0 Å². The van der Waals surface area contributed by atoms with Crippen molar-refractivity contribution in [3.05, 3.63) is 52.9 Å². The van der Waals surface area contributed by atoms with Crippen LogP contribution in [0.5, 0.6) is 11.5 Å². The molecule has 0 unspecified atom stereocenters. The minimum absolute atomic E-state index is 0.0187. The van der Waals surface area contributed by atoms with E-state index in [-0.39, 0.29) is 35.4 Å². The van der Waals surface area contributed by atoms with Crippen LogP contribution < -0.4 is 15.2 Å². The lowest BCUT2D eigenvalue weighted by molar-refractivity contribution is -0.122. The Morgan fingerprint density at radius 3 is 2.62 bits per heavy atom. The van der Waals surface area contributed by atoms with Crippen molar-refractivity contribution in [2.24, 2.45) is 5.14 Å². The first-order chi connectivity index (χ1) is 16.1. The van der Waals surface area contributed by atoms with Gasteiger partial charge in [0.1, 0.15) is 4.32 Å². The molecule has 180 valence electrons. The second kappa shape index (κ2) is 11.0. The molecule has 0 radical (unpaired) electrons. The van der Waals surface area contributed by atoms with Crippen molar-refractivity contribution < 1.29 is 27.9 Å². The molecule has 1 aliphatic heterocycles. The van der Waals surface area contributed by atoms with Gasteiger partial charge < -0.3 is 15.2 Å². The van der Waals surface area contributed by atoms with Crippen molar-refractivity contribution in [1.82, 2.24) is 4.90 Å². The number of carbonyl (C=O) groups is 2. The molecule has 0 atom stereocenters. The smallest absolute Gasteiger partial charge is 0.266 e. The number of amides is 2. The summed E-state index contributed by atoms with van der Waals surface area (Å²) in [6.45, 7) is 2.48. The van der Waals surface area contributed by atoms with E-state index in [1.165, 1.54) is 47.0 Å². The molecule has 2 aromatic rings. The Morgan fingerprint density at radius 1 is 1.26 bits per heavy atom. The standard InChI is InChI=1S/C22H23N3O6S3/c1-2-31-18-12-14(5-10-17(18)26)13-19-21(28)25(22(32)33-19)11-3-4-20(27)24-15-6-8-16(9-7-15)34(23,29)30/h5-10,12-13,26H,2-4,11H2,1H3,(H,24,27)(H2,23,29,30)/b19-13-. The molecule has 0 saturated carbocycles. The van der Waals surface area contributed by atoms with E-state index in [1.807, 2.05) is 6.92 Å². The monoisotopic (exact) mass is 521 g/mol. The van der Waals surface area contributed by atoms with Crippen molar-refractivity contribution in [1.29, 1.82) is 0 Å². The molecule has 12 heteroatoms. The van der Waals surface area contributed by atoms with Gasteiger partial charge in [-0.05, 0) is 61.4 Å². The molecule has 9 nitrogen and oxygen atoms in total. The quantitative estimate of drug-likeness (QED) is 0.338. The highest BCUT2D eigenvalue weighted by Crippen LogP contribution is 2.34. The van der Waals surface area contributed by atoms with Crippen molar-refractivity contribution in [3.8, 4) is 11.5 Å². The van der Waals surface area contributed by atoms with Gasteiger partial charge >= 0.3 is 0 Å². The highest BCUT2D eigenvalue weighted by Gasteiger charge is 2.31. The van der Waals surface area contributed by atoms with Crippen LogP contribution in [0.1, 0.15) is 25.3 Å². The summed E-state index contributed by atoms with van der Waals surface area (Å²) in [6, 6.07) is 10.3. The van der Waals surface area contributed by atoms with Crippen LogP contribution in [0.2, 0.25) is 0 Å². The number of nitrogens with one attached hydrogen (secondary N) is 1. The molecule has 0 aliphatic carbocycles. The molecule has 1 aliphatic rings. The summed E-state index contributed by atoms with van der Waals surface area (Å²) in [6.07, 6.45) is 2.20. The molecule has 3 rings (SSSR count). The molecule has 1 heterocycles. The predicted molar refractivity (Wildman–Crippen MR) is 135 cm³/mol. The van der Waals surface area contributed by atoms with Crippen LogP contribution in [-0.2, 0) is 19.6 Å². The van der Waals surface area contributed by atoms with Crippen LogP contribution in [0.25, 0.3) is 6.08 Å². The number of rotatable bonds is 9. The van der Waals surface area contributed by atoms with E-state index in [1.54, 1.807) is 18.2 Å². The van der Waals surface area contributed by atoms with Crippen LogP contribution in [0, 0.1) is 0 Å². The molecular formula is C22H23N3O6S3. The number of nitrogens with two attached hydrogens (primary N) is 1. The van der Waals surface area contributed by atoms with Crippen molar-refractivity contribution in [2.75, 3.05) is 18.5 Å². The second-order valence-electron chi connectivity index (χ2n) is 7.21. The third kappa shape index (κ3) is 6.56. The van der Waals surface area contributed by atoms with Crippen LogP contribution in [0.15, 0.2) is 52.3 Å². The fraction of sp³-hybridized carbons (Fsp3) is 0.227. The van der Waals surface area contributed by atoms with E-state index in [2.05, 4.69) is 5.32 Å². The van der Waals surface area contributed by atoms with E-state index in [9.17, 15) is 23.1 Å². The number of benzene rings is 2.